The molecule has 0 spiro atoms. The van der Waals surface area contributed by atoms with Crippen LogP contribution in [0.5, 0.6) is 0 Å². The highest BCUT2D eigenvalue weighted by molar-refractivity contribution is 5.92. The van der Waals surface area contributed by atoms with Crippen LogP contribution >= 0.6 is 0 Å². The zero-order valence-electron chi connectivity index (χ0n) is 12.8. The van der Waals surface area contributed by atoms with Gasteiger partial charge in [0, 0.05) is 19.3 Å². The lowest BCUT2D eigenvalue weighted by atomic mass is 9.69. The lowest BCUT2D eigenvalue weighted by Crippen LogP contribution is -2.50. The van der Waals surface area contributed by atoms with Crippen molar-refractivity contribution in [2.75, 3.05) is 18.5 Å². The molecule has 1 fully saturated rings. The van der Waals surface area contributed by atoms with E-state index in [0.29, 0.717) is 12.8 Å². The molecule has 1 aromatic carbocycles. The maximum absolute atomic E-state index is 12.2. The van der Waals surface area contributed by atoms with Crippen molar-refractivity contribution in [3.8, 4) is 0 Å². The van der Waals surface area contributed by atoms with Crippen molar-refractivity contribution >= 4 is 17.7 Å². The number of hydrogen-bond donors (Lipinski definition) is 2. The molecule has 2 rings (SSSR count). The number of aryl methyl sites for hydroxylation is 2. The third kappa shape index (κ3) is 3.01. The summed E-state index contributed by atoms with van der Waals surface area (Å²) in [6, 6.07) is 5.61. The lowest BCUT2D eigenvalue weighted by molar-refractivity contribution is -0.153. The van der Waals surface area contributed by atoms with Crippen molar-refractivity contribution in [2.45, 2.75) is 33.1 Å². The van der Waals surface area contributed by atoms with Crippen LogP contribution in [-0.2, 0) is 4.79 Å². The van der Waals surface area contributed by atoms with Gasteiger partial charge in [-0.2, -0.15) is 0 Å². The van der Waals surface area contributed by atoms with Crippen molar-refractivity contribution in [1.29, 1.82) is 0 Å². The summed E-state index contributed by atoms with van der Waals surface area (Å²) in [5, 5.41) is 12.0. The number of carbonyl (C=O) groups is 2. The second-order valence-electron chi connectivity index (χ2n) is 5.95. The standard InChI is InChI=1S/C16H22N2O3/c1-11-5-6-13(12(2)9-11)18(3)15(21)17-10-16(14(19)20)7-4-8-16/h5-6,9H,4,7-8,10H2,1-3H3,(H,17,21)(H,19,20). The summed E-state index contributed by atoms with van der Waals surface area (Å²) in [4.78, 5) is 25.0. The number of carboxylic acid groups (broad SMARTS) is 1. The van der Waals surface area contributed by atoms with Gasteiger partial charge < -0.3 is 10.4 Å². The number of benzene rings is 1. The van der Waals surface area contributed by atoms with Gasteiger partial charge in [0.2, 0.25) is 0 Å². The molecule has 0 radical (unpaired) electrons. The van der Waals surface area contributed by atoms with Crippen LogP contribution in [0.1, 0.15) is 30.4 Å². The lowest BCUT2D eigenvalue weighted by Gasteiger charge is -2.38. The van der Waals surface area contributed by atoms with E-state index >= 15 is 0 Å². The van der Waals surface area contributed by atoms with Crippen LogP contribution in [-0.4, -0.2) is 30.7 Å². The Hall–Kier alpha value is -2.04. The Morgan fingerprint density at radius 1 is 1.33 bits per heavy atom. The molecule has 1 saturated carbocycles. The highest BCUT2D eigenvalue weighted by Crippen LogP contribution is 2.40. The number of carboxylic acids is 1. The molecule has 1 aromatic rings. The summed E-state index contributed by atoms with van der Waals surface area (Å²) in [6.07, 6.45) is 2.18. The number of nitrogens with one attached hydrogen (secondary N) is 1. The van der Waals surface area contributed by atoms with Crippen LogP contribution in [0.25, 0.3) is 0 Å². The highest BCUT2D eigenvalue weighted by atomic mass is 16.4. The molecule has 1 aliphatic rings. The van der Waals surface area contributed by atoms with Crippen LogP contribution in [0.15, 0.2) is 18.2 Å². The fraction of sp³-hybridized carbons (Fsp3) is 0.500. The molecular weight excluding hydrogens is 268 g/mol. The fourth-order valence-electron chi connectivity index (χ4n) is 2.72. The molecule has 5 nitrogen and oxygen atoms in total. The van der Waals surface area contributed by atoms with Gasteiger partial charge in [-0.1, -0.05) is 24.1 Å². The minimum Gasteiger partial charge on any atom is -0.481 e. The van der Waals surface area contributed by atoms with Gasteiger partial charge >= 0.3 is 12.0 Å². The molecule has 114 valence electrons. The Labute approximate surface area is 125 Å². The third-order valence-corrected chi connectivity index (χ3v) is 4.36. The van der Waals surface area contributed by atoms with Crippen molar-refractivity contribution < 1.29 is 14.7 Å². The van der Waals surface area contributed by atoms with Crippen LogP contribution in [0.3, 0.4) is 0 Å². The van der Waals surface area contributed by atoms with E-state index in [4.69, 9.17) is 0 Å². The first-order valence-electron chi connectivity index (χ1n) is 7.18. The number of nitrogens with zero attached hydrogens (tertiary/aromatic N) is 1. The maximum Gasteiger partial charge on any atom is 0.321 e. The zero-order chi connectivity index (χ0) is 15.6. The van der Waals surface area contributed by atoms with Crippen LogP contribution in [0.2, 0.25) is 0 Å². The van der Waals surface area contributed by atoms with Gasteiger partial charge in [-0.25, -0.2) is 4.79 Å². The third-order valence-electron chi connectivity index (χ3n) is 4.36. The minimum absolute atomic E-state index is 0.191. The number of rotatable bonds is 4. The average molecular weight is 290 g/mol. The summed E-state index contributed by atoms with van der Waals surface area (Å²) in [6.45, 7) is 4.15. The fourth-order valence-corrected chi connectivity index (χ4v) is 2.72. The van der Waals surface area contributed by atoms with E-state index in [9.17, 15) is 14.7 Å². The number of anilines is 1. The molecule has 0 aliphatic heterocycles. The molecule has 21 heavy (non-hydrogen) atoms. The molecule has 5 heteroatoms. The number of carbonyl (C=O) groups excluding carboxylic acids is 1. The molecule has 1 aliphatic carbocycles. The second kappa shape index (κ2) is 5.76. The summed E-state index contributed by atoms with van der Waals surface area (Å²) in [5.74, 6) is -0.816. The van der Waals surface area contributed by atoms with E-state index in [1.54, 1.807) is 7.05 Å². The first-order valence-corrected chi connectivity index (χ1v) is 7.18. The van der Waals surface area contributed by atoms with E-state index in [-0.39, 0.29) is 12.6 Å². The van der Waals surface area contributed by atoms with Crippen molar-refractivity contribution in [3.05, 3.63) is 29.3 Å². The van der Waals surface area contributed by atoms with Crippen molar-refractivity contribution in [3.63, 3.8) is 0 Å². The summed E-state index contributed by atoms with van der Waals surface area (Å²) in [5.41, 5.74) is 2.23. The molecule has 0 heterocycles. The van der Waals surface area contributed by atoms with Crippen LogP contribution in [0, 0.1) is 19.3 Å². The number of urea groups is 1. The van der Waals surface area contributed by atoms with Gasteiger partial charge in [0.15, 0.2) is 0 Å². The van der Waals surface area contributed by atoms with E-state index in [1.807, 2.05) is 32.0 Å². The SMILES string of the molecule is Cc1ccc(N(C)C(=O)NCC2(C(=O)O)CCC2)c(C)c1. The van der Waals surface area contributed by atoms with E-state index in [0.717, 1.165) is 23.2 Å². The smallest absolute Gasteiger partial charge is 0.321 e. The monoisotopic (exact) mass is 290 g/mol. The first kappa shape index (κ1) is 15.4. The Kier molecular flexibility index (Phi) is 4.21. The zero-order valence-corrected chi connectivity index (χ0v) is 12.8. The Balaban J connectivity index is 2.01. The van der Waals surface area contributed by atoms with Gasteiger partial charge in [0.05, 0.1) is 5.41 Å². The molecule has 2 N–H and O–H groups in total. The van der Waals surface area contributed by atoms with Gasteiger partial charge in [0.1, 0.15) is 0 Å². The Bertz CT molecular complexity index is 565. The van der Waals surface area contributed by atoms with Crippen LogP contribution < -0.4 is 10.2 Å². The van der Waals surface area contributed by atoms with Gasteiger partial charge in [0.25, 0.3) is 0 Å². The largest absolute Gasteiger partial charge is 0.481 e. The maximum atomic E-state index is 12.2. The minimum atomic E-state index is -0.816. The predicted molar refractivity (Wildman–Crippen MR) is 81.6 cm³/mol. The highest BCUT2D eigenvalue weighted by Gasteiger charge is 2.44. The molecule has 0 atom stereocenters. The quantitative estimate of drug-likeness (QED) is 0.895. The summed E-state index contributed by atoms with van der Waals surface area (Å²) in [7, 11) is 1.70. The van der Waals surface area contributed by atoms with Crippen molar-refractivity contribution in [2.24, 2.45) is 5.41 Å². The van der Waals surface area contributed by atoms with Gasteiger partial charge in [-0.05, 0) is 38.3 Å². The van der Waals surface area contributed by atoms with E-state index in [1.165, 1.54) is 4.90 Å². The van der Waals surface area contributed by atoms with E-state index in [2.05, 4.69) is 5.32 Å². The number of amides is 2. The normalized spacial score (nSPS) is 16.0. The van der Waals surface area contributed by atoms with Crippen LogP contribution in [0.4, 0.5) is 10.5 Å². The predicted octanol–water partition coefficient (Wildman–Crippen LogP) is 2.70. The first-order chi connectivity index (χ1) is 9.85. The molecular formula is C16H22N2O3. The second-order valence-corrected chi connectivity index (χ2v) is 5.95. The molecule has 0 unspecified atom stereocenters. The number of hydrogen-bond acceptors (Lipinski definition) is 2. The van der Waals surface area contributed by atoms with Gasteiger partial charge in [-0.3, -0.25) is 9.69 Å². The Morgan fingerprint density at radius 2 is 2.00 bits per heavy atom. The molecule has 0 bridgehead atoms. The molecule has 0 saturated heterocycles. The van der Waals surface area contributed by atoms with Crippen molar-refractivity contribution in [1.82, 2.24) is 5.32 Å². The molecule has 2 amide bonds. The Morgan fingerprint density at radius 3 is 2.48 bits per heavy atom. The average Bonchev–Trinajstić information content (AvgIpc) is 2.36. The topological polar surface area (TPSA) is 69.6 Å². The molecule has 0 aromatic heterocycles. The van der Waals surface area contributed by atoms with E-state index < -0.39 is 11.4 Å². The summed E-state index contributed by atoms with van der Waals surface area (Å²) < 4.78 is 0. The number of aliphatic carboxylic acids is 1. The summed E-state index contributed by atoms with van der Waals surface area (Å²) >= 11 is 0. The van der Waals surface area contributed by atoms with Gasteiger partial charge in [-0.15, -0.1) is 0 Å².